The summed E-state index contributed by atoms with van der Waals surface area (Å²) in [6, 6.07) is 0.985. The third kappa shape index (κ3) is 3.70. The quantitative estimate of drug-likeness (QED) is 0.793. The highest BCUT2D eigenvalue weighted by atomic mass is 19.4. The maximum atomic E-state index is 12.6. The summed E-state index contributed by atoms with van der Waals surface area (Å²) in [7, 11) is 0. The van der Waals surface area contributed by atoms with Crippen LogP contribution in [0.1, 0.15) is 5.56 Å². The molecule has 15 heavy (non-hydrogen) atoms. The van der Waals surface area contributed by atoms with Gasteiger partial charge in [-0.15, -0.1) is 0 Å². The molecule has 1 heterocycles. The fourth-order valence-corrected chi connectivity index (χ4v) is 0.895. The SMILES string of the molecule is NCc1cc(F)cnc1OCC(F)(F)F. The van der Waals surface area contributed by atoms with Crippen LogP contribution in [0, 0.1) is 5.82 Å². The summed E-state index contributed by atoms with van der Waals surface area (Å²) in [5.41, 5.74) is 5.29. The van der Waals surface area contributed by atoms with Crippen LogP contribution in [0.5, 0.6) is 5.88 Å². The predicted molar refractivity (Wildman–Crippen MR) is 43.6 cm³/mol. The Kier molecular flexibility index (Phi) is 3.46. The van der Waals surface area contributed by atoms with Crippen molar-refractivity contribution in [2.75, 3.05) is 6.61 Å². The van der Waals surface area contributed by atoms with E-state index in [1.807, 2.05) is 0 Å². The van der Waals surface area contributed by atoms with E-state index in [4.69, 9.17) is 5.73 Å². The van der Waals surface area contributed by atoms with E-state index >= 15 is 0 Å². The first-order valence-electron chi connectivity index (χ1n) is 3.96. The van der Waals surface area contributed by atoms with Gasteiger partial charge in [-0.2, -0.15) is 13.2 Å². The molecule has 1 aromatic heterocycles. The molecule has 0 aliphatic heterocycles. The highest BCUT2D eigenvalue weighted by molar-refractivity contribution is 5.25. The number of aromatic nitrogens is 1. The molecule has 0 atom stereocenters. The van der Waals surface area contributed by atoms with E-state index in [0.29, 0.717) is 0 Å². The van der Waals surface area contributed by atoms with Crippen molar-refractivity contribution in [2.24, 2.45) is 5.73 Å². The predicted octanol–water partition coefficient (Wildman–Crippen LogP) is 1.62. The van der Waals surface area contributed by atoms with Crippen LogP contribution in [0.4, 0.5) is 17.6 Å². The van der Waals surface area contributed by atoms with Gasteiger partial charge in [0.1, 0.15) is 5.82 Å². The van der Waals surface area contributed by atoms with E-state index in [1.54, 1.807) is 0 Å². The number of nitrogens with zero attached hydrogens (tertiary/aromatic N) is 1. The largest absolute Gasteiger partial charge is 0.468 e. The normalized spacial score (nSPS) is 11.5. The van der Waals surface area contributed by atoms with Crippen LogP contribution in [0.15, 0.2) is 12.3 Å². The van der Waals surface area contributed by atoms with Gasteiger partial charge in [0, 0.05) is 12.1 Å². The van der Waals surface area contributed by atoms with Crippen LogP contribution in [-0.4, -0.2) is 17.8 Å². The Balaban J connectivity index is 2.76. The lowest BCUT2D eigenvalue weighted by atomic mass is 10.3. The Morgan fingerprint density at radius 1 is 1.40 bits per heavy atom. The molecule has 0 bridgehead atoms. The molecule has 0 unspecified atom stereocenters. The van der Waals surface area contributed by atoms with Crippen LogP contribution < -0.4 is 10.5 Å². The lowest BCUT2D eigenvalue weighted by Crippen LogP contribution is -2.20. The molecule has 84 valence electrons. The molecule has 0 aromatic carbocycles. The van der Waals surface area contributed by atoms with E-state index in [0.717, 1.165) is 12.3 Å². The maximum Gasteiger partial charge on any atom is 0.422 e. The van der Waals surface area contributed by atoms with Gasteiger partial charge in [-0.3, -0.25) is 0 Å². The molecule has 0 saturated heterocycles. The Labute approximate surface area is 82.9 Å². The standard InChI is InChI=1S/C8H8F4N2O/c9-6-1-5(2-13)7(14-3-6)15-4-8(10,11)12/h1,3H,2,4,13H2. The monoisotopic (exact) mass is 224 g/mol. The first kappa shape index (κ1) is 11.7. The Morgan fingerprint density at radius 3 is 2.60 bits per heavy atom. The van der Waals surface area contributed by atoms with Crippen molar-refractivity contribution in [2.45, 2.75) is 12.7 Å². The summed E-state index contributed by atoms with van der Waals surface area (Å²) < 4.78 is 52.4. The second kappa shape index (κ2) is 4.43. The van der Waals surface area contributed by atoms with E-state index < -0.39 is 18.6 Å². The van der Waals surface area contributed by atoms with Crippen LogP contribution in [0.3, 0.4) is 0 Å². The summed E-state index contributed by atoms with van der Waals surface area (Å²) in [5, 5.41) is 0. The van der Waals surface area contributed by atoms with E-state index in [2.05, 4.69) is 9.72 Å². The van der Waals surface area contributed by atoms with Crippen molar-refractivity contribution in [1.82, 2.24) is 4.98 Å². The average Bonchev–Trinajstić information content (AvgIpc) is 2.14. The number of hydrogen-bond acceptors (Lipinski definition) is 3. The minimum absolute atomic E-state index is 0.0965. The number of ether oxygens (including phenoxy) is 1. The Hall–Kier alpha value is -1.37. The number of rotatable bonds is 3. The summed E-state index contributed by atoms with van der Waals surface area (Å²) in [6.45, 7) is -1.61. The fraction of sp³-hybridized carbons (Fsp3) is 0.375. The molecule has 0 amide bonds. The molecular weight excluding hydrogens is 216 g/mol. The molecule has 0 radical (unpaired) electrons. The fourth-order valence-electron chi connectivity index (χ4n) is 0.895. The lowest BCUT2D eigenvalue weighted by molar-refractivity contribution is -0.154. The summed E-state index contributed by atoms with van der Waals surface area (Å²) >= 11 is 0. The zero-order valence-corrected chi connectivity index (χ0v) is 7.51. The highest BCUT2D eigenvalue weighted by Crippen LogP contribution is 2.20. The van der Waals surface area contributed by atoms with Gasteiger partial charge in [0.25, 0.3) is 0 Å². The van der Waals surface area contributed by atoms with Gasteiger partial charge in [-0.25, -0.2) is 9.37 Å². The molecule has 0 saturated carbocycles. The molecular formula is C8H8F4N2O. The summed E-state index contributed by atoms with van der Waals surface area (Å²) in [4.78, 5) is 3.37. The van der Waals surface area contributed by atoms with Crippen molar-refractivity contribution < 1.29 is 22.3 Å². The lowest BCUT2D eigenvalue weighted by Gasteiger charge is -2.10. The van der Waals surface area contributed by atoms with Gasteiger partial charge in [-0.05, 0) is 6.07 Å². The topological polar surface area (TPSA) is 48.1 Å². The van der Waals surface area contributed by atoms with Crippen LogP contribution in [0.25, 0.3) is 0 Å². The first-order valence-corrected chi connectivity index (χ1v) is 3.96. The highest BCUT2D eigenvalue weighted by Gasteiger charge is 2.29. The van der Waals surface area contributed by atoms with E-state index in [1.165, 1.54) is 0 Å². The van der Waals surface area contributed by atoms with E-state index in [-0.39, 0.29) is 18.0 Å². The maximum absolute atomic E-state index is 12.6. The molecule has 2 N–H and O–H groups in total. The molecule has 3 nitrogen and oxygen atoms in total. The summed E-state index contributed by atoms with van der Waals surface area (Å²) in [5.74, 6) is -0.967. The molecule has 1 aromatic rings. The zero-order chi connectivity index (χ0) is 11.5. The van der Waals surface area contributed by atoms with Crippen molar-refractivity contribution in [3.63, 3.8) is 0 Å². The minimum Gasteiger partial charge on any atom is -0.468 e. The number of alkyl halides is 3. The van der Waals surface area contributed by atoms with Gasteiger partial charge < -0.3 is 10.5 Å². The van der Waals surface area contributed by atoms with Crippen LogP contribution in [-0.2, 0) is 6.54 Å². The third-order valence-corrected chi connectivity index (χ3v) is 1.48. The first-order chi connectivity index (χ1) is 6.92. The Morgan fingerprint density at radius 2 is 2.07 bits per heavy atom. The Bertz CT molecular complexity index is 340. The van der Waals surface area contributed by atoms with Crippen LogP contribution >= 0.6 is 0 Å². The van der Waals surface area contributed by atoms with Gasteiger partial charge >= 0.3 is 6.18 Å². The van der Waals surface area contributed by atoms with Crippen molar-refractivity contribution in [3.05, 3.63) is 23.6 Å². The number of hydrogen-bond donors (Lipinski definition) is 1. The molecule has 1 rings (SSSR count). The number of pyridine rings is 1. The summed E-state index contributed by atoms with van der Waals surface area (Å²) in [6.07, 6.45) is -3.69. The zero-order valence-electron chi connectivity index (χ0n) is 7.51. The van der Waals surface area contributed by atoms with Gasteiger partial charge in [0.15, 0.2) is 6.61 Å². The average molecular weight is 224 g/mol. The second-order valence-corrected chi connectivity index (χ2v) is 2.73. The minimum atomic E-state index is -4.46. The van der Waals surface area contributed by atoms with Crippen molar-refractivity contribution >= 4 is 0 Å². The molecule has 0 fully saturated rings. The van der Waals surface area contributed by atoms with Crippen LogP contribution in [0.2, 0.25) is 0 Å². The van der Waals surface area contributed by atoms with Crippen molar-refractivity contribution in [1.29, 1.82) is 0 Å². The second-order valence-electron chi connectivity index (χ2n) is 2.73. The third-order valence-electron chi connectivity index (χ3n) is 1.48. The smallest absolute Gasteiger partial charge is 0.422 e. The van der Waals surface area contributed by atoms with Gasteiger partial charge in [-0.1, -0.05) is 0 Å². The van der Waals surface area contributed by atoms with Crippen molar-refractivity contribution in [3.8, 4) is 5.88 Å². The molecule has 0 spiro atoms. The van der Waals surface area contributed by atoms with E-state index in [9.17, 15) is 17.6 Å². The number of nitrogens with two attached hydrogens (primary N) is 1. The van der Waals surface area contributed by atoms with Gasteiger partial charge in [0.2, 0.25) is 5.88 Å². The van der Waals surface area contributed by atoms with Gasteiger partial charge in [0.05, 0.1) is 6.20 Å². The molecule has 0 aliphatic carbocycles. The molecule has 7 heteroatoms. The molecule has 0 aliphatic rings. The number of halogens is 4.